The van der Waals surface area contributed by atoms with E-state index in [2.05, 4.69) is 10.2 Å². The summed E-state index contributed by atoms with van der Waals surface area (Å²) in [5, 5.41) is 8.20. The van der Waals surface area contributed by atoms with E-state index in [-0.39, 0.29) is 12.0 Å². The summed E-state index contributed by atoms with van der Waals surface area (Å²) in [5.41, 5.74) is 0. The molecule has 21 heavy (non-hydrogen) atoms. The predicted molar refractivity (Wildman–Crippen MR) is 79.3 cm³/mol. The molecule has 1 atom stereocenters. The van der Waals surface area contributed by atoms with E-state index in [0.717, 1.165) is 38.0 Å². The van der Waals surface area contributed by atoms with Crippen LogP contribution in [0.2, 0.25) is 0 Å². The normalized spacial score (nSPS) is 22.0. The number of hydrogen-bond donors (Lipinski definition) is 0. The molecule has 1 aromatic rings. The molecule has 2 aliphatic rings. The fourth-order valence-electron chi connectivity index (χ4n) is 2.61. The van der Waals surface area contributed by atoms with Gasteiger partial charge < -0.3 is 14.5 Å². The number of aromatic nitrogens is 2. The van der Waals surface area contributed by atoms with Gasteiger partial charge in [0, 0.05) is 32.6 Å². The van der Waals surface area contributed by atoms with Gasteiger partial charge in [-0.05, 0) is 31.7 Å². The second kappa shape index (κ2) is 5.87. The Balaban J connectivity index is 1.57. The largest absolute Gasteiger partial charge is 0.471 e. The maximum Gasteiger partial charge on any atom is 0.233 e. The van der Waals surface area contributed by atoms with Gasteiger partial charge in [0.15, 0.2) is 5.82 Å². The molecular weight excluding hydrogens is 268 g/mol. The van der Waals surface area contributed by atoms with Crippen LogP contribution in [0.5, 0.6) is 5.88 Å². The van der Waals surface area contributed by atoms with Crippen molar-refractivity contribution < 1.29 is 9.53 Å². The smallest absolute Gasteiger partial charge is 0.233 e. The molecule has 0 N–H and O–H groups in total. The van der Waals surface area contributed by atoms with Crippen LogP contribution in [0.1, 0.15) is 25.7 Å². The van der Waals surface area contributed by atoms with E-state index in [4.69, 9.17) is 4.74 Å². The molecule has 1 saturated heterocycles. The van der Waals surface area contributed by atoms with E-state index in [1.54, 1.807) is 0 Å². The van der Waals surface area contributed by atoms with Crippen molar-refractivity contribution in [3.05, 3.63) is 12.1 Å². The van der Waals surface area contributed by atoms with Crippen molar-refractivity contribution in [1.82, 2.24) is 15.1 Å². The lowest BCUT2D eigenvalue weighted by atomic mass is 10.1. The molecule has 1 aromatic heterocycles. The van der Waals surface area contributed by atoms with Gasteiger partial charge in [0.1, 0.15) is 6.10 Å². The zero-order chi connectivity index (χ0) is 14.8. The van der Waals surface area contributed by atoms with Crippen molar-refractivity contribution in [2.75, 3.05) is 32.1 Å². The molecule has 6 heteroatoms. The van der Waals surface area contributed by atoms with Crippen LogP contribution >= 0.6 is 0 Å². The highest BCUT2D eigenvalue weighted by Crippen LogP contribution is 2.32. The summed E-state index contributed by atoms with van der Waals surface area (Å²) in [7, 11) is 3.85. The number of piperidine rings is 1. The van der Waals surface area contributed by atoms with Crippen LogP contribution in [0.4, 0.5) is 5.82 Å². The molecule has 1 aliphatic carbocycles. The minimum Gasteiger partial charge on any atom is -0.471 e. The molecule has 0 bridgehead atoms. The molecular formula is C15H22N4O2. The molecule has 2 fully saturated rings. The molecule has 1 aliphatic heterocycles. The van der Waals surface area contributed by atoms with Gasteiger partial charge in [-0.25, -0.2) is 0 Å². The third kappa shape index (κ3) is 3.43. The Hall–Kier alpha value is -1.85. The Labute approximate surface area is 125 Å². The molecule has 3 rings (SSSR count). The van der Waals surface area contributed by atoms with Crippen molar-refractivity contribution >= 4 is 11.7 Å². The second-order valence-electron chi connectivity index (χ2n) is 6.06. The lowest BCUT2D eigenvalue weighted by Gasteiger charge is -2.32. The van der Waals surface area contributed by atoms with Crippen LogP contribution in [0.15, 0.2) is 12.1 Å². The predicted octanol–water partition coefficient (Wildman–Crippen LogP) is 1.32. The van der Waals surface area contributed by atoms with Gasteiger partial charge in [-0.3, -0.25) is 4.79 Å². The highest BCUT2D eigenvalue weighted by Gasteiger charge is 2.35. The zero-order valence-corrected chi connectivity index (χ0v) is 12.7. The monoisotopic (exact) mass is 290 g/mol. The van der Waals surface area contributed by atoms with Crippen LogP contribution in [-0.2, 0) is 4.79 Å². The van der Waals surface area contributed by atoms with Gasteiger partial charge in [-0.15, -0.1) is 10.2 Å². The topological polar surface area (TPSA) is 58.6 Å². The Morgan fingerprint density at radius 2 is 2.10 bits per heavy atom. The minimum absolute atomic E-state index is 0.0287. The molecule has 114 valence electrons. The molecule has 1 amide bonds. The van der Waals surface area contributed by atoms with Gasteiger partial charge >= 0.3 is 0 Å². The molecule has 6 nitrogen and oxygen atoms in total. The van der Waals surface area contributed by atoms with E-state index >= 15 is 0 Å². The van der Waals surface area contributed by atoms with Crippen molar-refractivity contribution in [2.45, 2.75) is 31.8 Å². The minimum atomic E-state index is 0.0287. The average Bonchev–Trinajstić information content (AvgIpc) is 3.32. The van der Waals surface area contributed by atoms with Crippen molar-refractivity contribution in [1.29, 1.82) is 0 Å². The fraction of sp³-hybridized carbons (Fsp3) is 0.667. The van der Waals surface area contributed by atoms with Crippen LogP contribution in [0.25, 0.3) is 0 Å². The SMILES string of the molecule is CN(C)c1ccc(OC2CCCN(C(=O)C3CC3)C2)nn1. The molecule has 1 saturated carbocycles. The van der Waals surface area contributed by atoms with Crippen LogP contribution in [0.3, 0.4) is 0 Å². The summed E-state index contributed by atoms with van der Waals surface area (Å²) >= 11 is 0. The highest BCUT2D eigenvalue weighted by molar-refractivity contribution is 5.81. The van der Waals surface area contributed by atoms with Gasteiger partial charge in [0.2, 0.25) is 11.8 Å². The lowest BCUT2D eigenvalue weighted by molar-refractivity contribution is -0.135. The van der Waals surface area contributed by atoms with E-state index < -0.39 is 0 Å². The van der Waals surface area contributed by atoms with E-state index in [1.165, 1.54) is 0 Å². The van der Waals surface area contributed by atoms with Crippen LogP contribution in [0, 0.1) is 5.92 Å². The number of likely N-dealkylation sites (tertiary alicyclic amines) is 1. The van der Waals surface area contributed by atoms with Crippen LogP contribution in [-0.4, -0.2) is 54.3 Å². The second-order valence-corrected chi connectivity index (χ2v) is 6.06. The van der Waals surface area contributed by atoms with E-state index in [0.29, 0.717) is 18.3 Å². The van der Waals surface area contributed by atoms with Gasteiger partial charge in [-0.2, -0.15) is 0 Å². The first-order valence-corrected chi connectivity index (χ1v) is 7.60. The van der Waals surface area contributed by atoms with Crippen molar-refractivity contribution in [2.24, 2.45) is 5.92 Å². The van der Waals surface area contributed by atoms with Crippen LogP contribution < -0.4 is 9.64 Å². The van der Waals surface area contributed by atoms with Gasteiger partial charge in [0.05, 0.1) is 6.54 Å². The Morgan fingerprint density at radius 3 is 2.71 bits per heavy atom. The number of amides is 1. The average molecular weight is 290 g/mol. The van der Waals surface area contributed by atoms with Gasteiger partial charge in [-0.1, -0.05) is 0 Å². The first-order valence-electron chi connectivity index (χ1n) is 7.60. The number of nitrogens with zero attached hydrogens (tertiary/aromatic N) is 4. The Bertz CT molecular complexity index is 499. The standard InChI is InChI=1S/C15H22N4O2/c1-18(2)13-7-8-14(17-16-13)21-12-4-3-9-19(10-12)15(20)11-5-6-11/h7-8,11-12H,3-6,9-10H2,1-2H3. The number of rotatable bonds is 4. The molecule has 2 heterocycles. The number of carbonyl (C=O) groups is 1. The molecule has 0 spiro atoms. The summed E-state index contributed by atoms with van der Waals surface area (Å²) in [4.78, 5) is 16.0. The number of anilines is 1. The highest BCUT2D eigenvalue weighted by atomic mass is 16.5. The van der Waals surface area contributed by atoms with Crippen molar-refractivity contribution in [3.63, 3.8) is 0 Å². The number of carbonyl (C=O) groups excluding carboxylic acids is 1. The summed E-state index contributed by atoms with van der Waals surface area (Å²) in [5.74, 6) is 1.92. The zero-order valence-electron chi connectivity index (χ0n) is 12.7. The number of hydrogen-bond acceptors (Lipinski definition) is 5. The summed E-state index contributed by atoms with van der Waals surface area (Å²) in [6, 6.07) is 3.72. The Morgan fingerprint density at radius 1 is 1.29 bits per heavy atom. The Kier molecular flexibility index (Phi) is 3.94. The molecule has 0 aromatic carbocycles. The quantitative estimate of drug-likeness (QED) is 0.837. The number of ether oxygens (including phenoxy) is 1. The lowest BCUT2D eigenvalue weighted by Crippen LogP contribution is -2.45. The summed E-state index contributed by atoms with van der Waals surface area (Å²) in [6.45, 7) is 1.53. The van der Waals surface area contributed by atoms with E-state index in [9.17, 15) is 4.79 Å². The maximum atomic E-state index is 12.1. The third-order valence-corrected chi connectivity index (χ3v) is 3.99. The third-order valence-electron chi connectivity index (χ3n) is 3.99. The summed E-state index contributed by atoms with van der Waals surface area (Å²) in [6.07, 6.45) is 4.09. The maximum absolute atomic E-state index is 12.1. The first-order chi connectivity index (χ1) is 10.1. The van der Waals surface area contributed by atoms with Crippen molar-refractivity contribution in [3.8, 4) is 5.88 Å². The first kappa shape index (κ1) is 14.1. The van der Waals surface area contributed by atoms with Gasteiger partial charge in [0.25, 0.3) is 0 Å². The fourth-order valence-corrected chi connectivity index (χ4v) is 2.61. The summed E-state index contributed by atoms with van der Waals surface area (Å²) < 4.78 is 5.88. The molecule has 1 unspecified atom stereocenters. The van der Waals surface area contributed by atoms with E-state index in [1.807, 2.05) is 36.0 Å². The molecule has 0 radical (unpaired) electrons.